The molecule has 0 aliphatic carbocycles. The first-order chi connectivity index (χ1) is 7.43. The van der Waals surface area contributed by atoms with Crippen molar-refractivity contribution in [3.63, 3.8) is 0 Å². The number of unbranched alkanes of at least 4 members (excludes halogenated alkanes) is 1. The van der Waals surface area contributed by atoms with Gasteiger partial charge in [0.25, 0.3) is 0 Å². The molecule has 15 heavy (non-hydrogen) atoms. The van der Waals surface area contributed by atoms with Crippen molar-refractivity contribution in [1.82, 2.24) is 0 Å². The number of hydrogen-bond donors (Lipinski definition) is 0. The molecule has 4 nitrogen and oxygen atoms in total. The first-order valence-electron chi connectivity index (χ1n) is 5.78. The number of hydrogen-bond acceptors (Lipinski definition) is 4. The van der Waals surface area contributed by atoms with Gasteiger partial charge in [0.05, 0.1) is 39.6 Å². The molecule has 0 unspecified atom stereocenters. The molecule has 0 aromatic rings. The summed E-state index contributed by atoms with van der Waals surface area (Å²) in [5.41, 5.74) is 0. The van der Waals surface area contributed by atoms with Gasteiger partial charge in [-0.2, -0.15) is 0 Å². The summed E-state index contributed by atoms with van der Waals surface area (Å²) in [7, 11) is 0. The van der Waals surface area contributed by atoms with Gasteiger partial charge in [0.15, 0.2) is 0 Å². The summed E-state index contributed by atoms with van der Waals surface area (Å²) in [5.74, 6) is 0. The average molecular weight is 218 g/mol. The Morgan fingerprint density at radius 1 is 1.00 bits per heavy atom. The quantitative estimate of drug-likeness (QED) is 0.386. The third-order valence-corrected chi connectivity index (χ3v) is 2.09. The molecular formula is C11H22O4. The Hall–Kier alpha value is -0.160. The maximum absolute atomic E-state index is 5.34. The lowest BCUT2D eigenvalue weighted by Gasteiger charge is -2.05. The molecule has 0 radical (unpaired) electrons. The molecule has 0 N–H and O–H groups in total. The molecule has 0 bridgehead atoms. The minimum absolute atomic E-state index is 0.349. The van der Waals surface area contributed by atoms with Gasteiger partial charge in [0.1, 0.15) is 6.10 Å². The Kier molecular flexibility index (Phi) is 7.83. The maximum Gasteiger partial charge on any atom is 0.104 e. The Labute approximate surface area is 91.8 Å². The van der Waals surface area contributed by atoms with E-state index in [1.165, 1.54) is 6.42 Å². The van der Waals surface area contributed by atoms with Crippen LogP contribution in [0.25, 0.3) is 0 Å². The van der Waals surface area contributed by atoms with Crippen LogP contribution in [0.15, 0.2) is 0 Å². The van der Waals surface area contributed by atoms with Crippen molar-refractivity contribution in [2.24, 2.45) is 0 Å². The van der Waals surface area contributed by atoms with Gasteiger partial charge in [-0.25, -0.2) is 0 Å². The average Bonchev–Trinajstić information content (AvgIpc) is 3.05. The van der Waals surface area contributed by atoms with Gasteiger partial charge in [0.2, 0.25) is 0 Å². The molecule has 90 valence electrons. The molecule has 1 aliphatic rings. The van der Waals surface area contributed by atoms with E-state index in [1.54, 1.807) is 0 Å². The van der Waals surface area contributed by atoms with Crippen LogP contribution in [-0.2, 0) is 18.9 Å². The van der Waals surface area contributed by atoms with Crippen molar-refractivity contribution in [2.75, 3.05) is 46.2 Å². The Morgan fingerprint density at radius 3 is 2.20 bits per heavy atom. The SMILES string of the molecule is CCCCOCCOCCOC[C@@H]1CO1. The minimum Gasteiger partial charge on any atom is -0.379 e. The third kappa shape index (κ3) is 8.81. The largest absolute Gasteiger partial charge is 0.379 e. The van der Waals surface area contributed by atoms with E-state index in [9.17, 15) is 0 Å². The fourth-order valence-corrected chi connectivity index (χ4v) is 1.07. The van der Waals surface area contributed by atoms with Gasteiger partial charge in [-0.05, 0) is 6.42 Å². The van der Waals surface area contributed by atoms with E-state index in [2.05, 4.69) is 6.92 Å². The predicted octanol–water partition coefficient (Wildman–Crippen LogP) is 1.24. The smallest absolute Gasteiger partial charge is 0.104 e. The summed E-state index contributed by atoms with van der Waals surface area (Å²) in [5, 5.41) is 0. The predicted molar refractivity (Wildman–Crippen MR) is 57.1 cm³/mol. The number of ether oxygens (including phenoxy) is 4. The van der Waals surface area contributed by atoms with Crippen molar-refractivity contribution < 1.29 is 18.9 Å². The van der Waals surface area contributed by atoms with Crippen LogP contribution in [0.1, 0.15) is 19.8 Å². The molecule has 0 amide bonds. The first-order valence-corrected chi connectivity index (χ1v) is 5.78. The van der Waals surface area contributed by atoms with Crippen molar-refractivity contribution in [3.8, 4) is 0 Å². The highest BCUT2D eigenvalue weighted by Crippen LogP contribution is 2.07. The normalized spacial score (nSPS) is 19.4. The van der Waals surface area contributed by atoms with Crippen LogP contribution in [0.5, 0.6) is 0 Å². The van der Waals surface area contributed by atoms with Gasteiger partial charge in [0, 0.05) is 6.61 Å². The highest BCUT2D eigenvalue weighted by molar-refractivity contribution is 4.66. The molecule has 0 spiro atoms. The van der Waals surface area contributed by atoms with E-state index in [0.717, 1.165) is 19.6 Å². The van der Waals surface area contributed by atoms with Gasteiger partial charge in [-0.3, -0.25) is 0 Å². The number of epoxide rings is 1. The highest BCUT2D eigenvalue weighted by Gasteiger charge is 2.21. The van der Waals surface area contributed by atoms with Gasteiger partial charge in [-0.1, -0.05) is 13.3 Å². The Bertz CT molecular complexity index is 137. The summed E-state index contributed by atoms with van der Waals surface area (Å²) in [6.07, 6.45) is 2.66. The molecular weight excluding hydrogens is 196 g/mol. The fourth-order valence-electron chi connectivity index (χ4n) is 1.07. The van der Waals surface area contributed by atoms with Crippen molar-refractivity contribution in [2.45, 2.75) is 25.9 Å². The van der Waals surface area contributed by atoms with E-state index < -0.39 is 0 Å². The zero-order chi connectivity index (χ0) is 10.8. The standard InChI is InChI=1S/C11H22O4/c1-2-3-4-12-5-6-13-7-8-14-9-11-10-15-11/h11H,2-10H2,1H3/t11-/m1/s1. The topological polar surface area (TPSA) is 40.2 Å². The molecule has 1 heterocycles. The molecule has 0 saturated carbocycles. The maximum atomic E-state index is 5.34. The second-order valence-corrected chi connectivity index (χ2v) is 3.61. The second-order valence-electron chi connectivity index (χ2n) is 3.61. The van der Waals surface area contributed by atoms with Crippen LogP contribution < -0.4 is 0 Å². The zero-order valence-corrected chi connectivity index (χ0v) is 9.57. The van der Waals surface area contributed by atoms with Gasteiger partial charge < -0.3 is 18.9 Å². The molecule has 1 saturated heterocycles. The van der Waals surface area contributed by atoms with E-state index >= 15 is 0 Å². The second kappa shape index (κ2) is 9.09. The van der Waals surface area contributed by atoms with Crippen LogP contribution in [-0.4, -0.2) is 52.4 Å². The van der Waals surface area contributed by atoms with Crippen molar-refractivity contribution in [3.05, 3.63) is 0 Å². The lowest BCUT2D eigenvalue weighted by molar-refractivity contribution is 0.0114. The molecule has 1 atom stereocenters. The Balaban J connectivity index is 1.62. The molecule has 1 fully saturated rings. The van der Waals surface area contributed by atoms with E-state index in [4.69, 9.17) is 18.9 Å². The lowest BCUT2D eigenvalue weighted by Crippen LogP contribution is -2.11. The first kappa shape index (κ1) is 12.9. The molecule has 0 aromatic heterocycles. The summed E-state index contributed by atoms with van der Waals surface area (Å²) >= 11 is 0. The summed E-state index contributed by atoms with van der Waals surface area (Å²) in [6.45, 7) is 7.19. The number of rotatable bonds is 11. The van der Waals surface area contributed by atoms with Crippen LogP contribution in [0.4, 0.5) is 0 Å². The van der Waals surface area contributed by atoms with Gasteiger partial charge in [-0.15, -0.1) is 0 Å². The van der Waals surface area contributed by atoms with E-state index in [-0.39, 0.29) is 0 Å². The highest BCUT2D eigenvalue weighted by atomic mass is 16.6. The minimum atomic E-state index is 0.349. The third-order valence-electron chi connectivity index (χ3n) is 2.09. The van der Waals surface area contributed by atoms with Crippen molar-refractivity contribution >= 4 is 0 Å². The van der Waals surface area contributed by atoms with E-state index in [1.807, 2.05) is 0 Å². The zero-order valence-electron chi connectivity index (χ0n) is 9.57. The molecule has 1 rings (SSSR count). The van der Waals surface area contributed by atoms with Gasteiger partial charge >= 0.3 is 0 Å². The van der Waals surface area contributed by atoms with E-state index in [0.29, 0.717) is 39.1 Å². The molecule has 0 aromatic carbocycles. The molecule has 4 heteroatoms. The van der Waals surface area contributed by atoms with Crippen LogP contribution in [0.2, 0.25) is 0 Å². The monoisotopic (exact) mass is 218 g/mol. The van der Waals surface area contributed by atoms with Crippen LogP contribution in [0.3, 0.4) is 0 Å². The van der Waals surface area contributed by atoms with Crippen molar-refractivity contribution in [1.29, 1.82) is 0 Å². The summed E-state index contributed by atoms with van der Waals surface area (Å²) in [6, 6.07) is 0. The summed E-state index contributed by atoms with van der Waals surface area (Å²) < 4.78 is 21.0. The Morgan fingerprint density at radius 2 is 1.60 bits per heavy atom. The summed E-state index contributed by atoms with van der Waals surface area (Å²) in [4.78, 5) is 0. The lowest BCUT2D eigenvalue weighted by atomic mass is 10.4. The fraction of sp³-hybridized carbons (Fsp3) is 1.00. The van der Waals surface area contributed by atoms with Crippen LogP contribution >= 0.6 is 0 Å². The van der Waals surface area contributed by atoms with Crippen LogP contribution in [0, 0.1) is 0 Å². The molecule has 1 aliphatic heterocycles.